The van der Waals surface area contributed by atoms with Crippen molar-refractivity contribution in [2.45, 2.75) is 18.9 Å². The smallest absolute Gasteiger partial charge is 0.271 e. The van der Waals surface area contributed by atoms with Gasteiger partial charge in [0.1, 0.15) is 17.3 Å². The van der Waals surface area contributed by atoms with Crippen molar-refractivity contribution in [2.24, 2.45) is 16.8 Å². The van der Waals surface area contributed by atoms with Gasteiger partial charge in [0.25, 0.3) is 5.56 Å². The van der Waals surface area contributed by atoms with Crippen molar-refractivity contribution in [2.75, 3.05) is 38.8 Å². The van der Waals surface area contributed by atoms with Gasteiger partial charge in [-0.25, -0.2) is 0 Å². The first-order valence-corrected chi connectivity index (χ1v) is 10.7. The number of nitrogens with zero attached hydrogens (tertiary/aromatic N) is 3. The molecule has 0 amide bonds. The number of pyridine rings is 1. The number of aromatic amines is 1. The molecule has 9 nitrogen and oxygen atoms in total. The van der Waals surface area contributed by atoms with E-state index in [0.717, 1.165) is 29.8 Å². The minimum atomic E-state index is -0.329. The number of aromatic nitrogens is 2. The fraction of sp³-hybridized carbons (Fsp3) is 0.450. The molecule has 1 atom stereocenters. The standard InChI is InChI=1S/C20H23N5O4S/c1-28-18-14(24-8-10(7-21)13(9-24)22-29-2)6-5-12-16(18)25(11-3-4-11)20-15(17(12)26)19(27)23-30-20/h5-6,10-11H,3-4,7-9,21H2,1-2H3,(H,23,27)/b22-13-. The summed E-state index contributed by atoms with van der Waals surface area (Å²) in [6, 6.07) is 3.94. The van der Waals surface area contributed by atoms with E-state index in [2.05, 4.69) is 19.0 Å². The Morgan fingerprint density at radius 3 is 2.77 bits per heavy atom. The maximum Gasteiger partial charge on any atom is 0.271 e. The number of H-pyrrole nitrogens is 1. The predicted octanol–water partition coefficient (Wildman–Crippen LogP) is 1.65. The Hall–Kier alpha value is -2.85. The molecule has 3 aromatic rings. The monoisotopic (exact) mass is 429 g/mol. The van der Waals surface area contributed by atoms with Crippen LogP contribution in [-0.2, 0) is 4.84 Å². The van der Waals surface area contributed by atoms with Gasteiger partial charge < -0.3 is 24.8 Å². The molecular formula is C20H23N5O4S. The molecule has 3 heterocycles. The summed E-state index contributed by atoms with van der Waals surface area (Å²) in [6.07, 6.45) is 2.02. The average molecular weight is 430 g/mol. The molecule has 1 saturated carbocycles. The number of hydrogen-bond acceptors (Lipinski definition) is 8. The largest absolute Gasteiger partial charge is 0.492 e. The molecule has 1 aliphatic heterocycles. The molecule has 1 saturated heterocycles. The quantitative estimate of drug-likeness (QED) is 0.596. The van der Waals surface area contributed by atoms with Gasteiger partial charge in [-0.3, -0.25) is 14.0 Å². The lowest BCUT2D eigenvalue weighted by atomic mass is 10.1. The Kier molecular flexibility index (Phi) is 4.55. The number of benzene rings is 1. The zero-order chi connectivity index (χ0) is 21.0. The zero-order valence-corrected chi connectivity index (χ0v) is 17.6. The molecule has 10 heteroatoms. The summed E-state index contributed by atoms with van der Waals surface area (Å²) >= 11 is 1.21. The van der Waals surface area contributed by atoms with Gasteiger partial charge in [0.15, 0.2) is 5.75 Å². The van der Waals surface area contributed by atoms with Crippen LogP contribution in [0.4, 0.5) is 5.69 Å². The first-order valence-electron chi connectivity index (χ1n) is 9.90. The first kappa shape index (κ1) is 19.1. The Bertz CT molecular complexity index is 1290. The highest BCUT2D eigenvalue weighted by molar-refractivity contribution is 7.12. The lowest BCUT2D eigenvalue weighted by molar-refractivity contribution is 0.211. The molecule has 0 spiro atoms. The molecular weight excluding hydrogens is 406 g/mol. The molecule has 1 aliphatic carbocycles. The summed E-state index contributed by atoms with van der Waals surface area (Å²) < 4.78 is 10.7. The molecule has 1 aromatic carbocycles. The van der Waals surface area contributed by atoms with Crippen LogP contribution in [0.5, 0.6) is 5.75 Å². The second kappa shape index (κ2) is 7.13. The summed E-state index contributed by atoms with van der Waals surface area (Å²) in [6.45, 7) is 1.73. The van der Waals surface area contributed by atoms with Gasteiger partial charge >= 0.3 is 0 Å². The average Bonchev–Trinajstić information content (AvgIpc) is 3.39. The van der Waals surface area contributed by atoms with Gasteiger partial charge in [0.05, 0.1) is 36.0 Å². The van der Waals surface area contributed by atoms with E-state index in [4.69, 9.17) is 15.3 Å². The lowest BCUT2D eigenvalue weighted by Gasteiger charge is -2.23. The van der Waals surface area contributed by atoms with Crippen LogP contribution in [0, 0.1) is 5.92 Å². The third kappa shape index (κ3) is 2.74. The number of anilines is 1. The first-order chi connectivity index (χ1) is 14.6. The Morgan fingerprint density at radius 1 is 1.30 bits per heavy atom. The van der Waals surface area contributed by atoms with Crippen molar-refractivity contribution in [1.82, 2.24) is 8.94 Å². The van der Waals surface area contributed by atoms with E-state index in [9.17, 15) is 9.59 Å². The number of ether oxygens (including phenoxy) is 1. The molecule has 2 aromatic heterocycles. The number of fused-ring (bicyclic) bond motifs is 2. The van der Waals surface area contributed by atoms with E-state index in [-0.39, 0.29) is 28.3 Å². The van der Waals surface area contributed by atoms with E-state index in [1.165, 1.54) is 18.6 Å². The van der Waals surface area contributed by atoms with Crippen LogP contribution in [0.1, 0.15) is 18.9 Å². The second-order valence-electron chi connectivity index (χ2n) is 7.74. The van der Waals surface area contributed by atoms with Crippen LogP contribution in [0.2, 0.25) is 0 Å². The highest BCUT2D eigenvalue weighted by Crippen LogP contribution is 2.45. The lowest BCUT2D eigenvalue weighted by Crippen LogP contribution is -2.24. The topological polar surface area (TPSA) is 115 Å². The fourth-order valence-corrected chi connectivity index (χ4v) is 5.31. The van der Waals surface area contributed by atoms with E-state index in [1.807, 2.05) is 6.07 Å². The minimum Gasteiger partial charge on any atom is -0.492 e. The summed E-state index contributed by atoms with van der Waals surface area (Å²) in [5, 5.41) is 4.87. The minimum absolute atomic E-state index is 0.0911. The summed E-state index contributed by atoms with van der Waals surface area (Å²) in [5.74, 6) is 0.724. The number of methoxy groups -OCH3 is 1. The van der Waals surface area contributed by atoms with Crippen molar-refractivity contribution in [3.63, 3.8) is 0 Å². The summed E-state index contributed by atoms with van der Waals surface area (Å²) in [7, 11) is 3.14. The zero-order valence-electron chi connectivity index (χ0n) is 16.8. The molecule has 30 heavy (non-hydrogen) atoms. The van der Waals surface area contributed by atoms with Crippen molar-refractivity contribution in [3.8, 4) is 5.75 Å². The third-order valence-corrected chi connectivity index (χ3v) is 6.82. The van der Waals surface area contributed by atoms with Crippen LogP contribution >= 0.6 is 11.5 Å². The molecule has 0 radical (unpaired) electrons. The molecule has 2 fully saturated rings. The molecule has 5 rings (SSSR count). The molecule has 1 unspecified atom stereocenters. The molecule has 3 N–H and O–H groups in total. The van der Waals surface area contributed by atoms with Crippen LogP contribution in [0.15, 0.2) is 26.9 Å². The van der Waals surface area contributed by atoms with Gasteiger partial charge in [-0.15, -0.1) is 0 Å². The summed E-state index contributed by atoms with van der Waals surface area (Å²) in [4.78, 5) is 33.3. The number of rotatable bonds is 5. The van der Waals surface area contributed by atoms with Gasteiger partial charge in [-0.05, 0) is 36.5 Å². The van der Waals surface area contributed by atoms with Gasteiger partial charge in [0.2, 0.25) is 5.43 Å². The number of hydrogen-bond donors (Lipinski definition) is 2. The molecule has 0 bridgehead atoms. The van der Waals surface area contributed by atoms with Crippen LogP contribution in [0.25, 0.3) is 21.1 Å². The maximum absolute atomic E-state index is 13.2. The third-order valence-electron chi connectivity index (χ3n) is 5.94. The van der Waals surface area contributed by atoms with Crippen molar-refractivity contribution in [1.29, 1.82) is 0 Å². The summed E-state index contributed by atoms with van der Waals surface area (Å²) in [5.41, 5.74) is 7.86. The number of nitrogens with two attached hydrogens (primary N) is 1. The van der Waals surface area contributed by atoms with E-state index in [1.54, 1.807) is 13.2 Å². The van der Waals surface area contributed by atoms with Gasteiger partial charge in [-0.2, -0.15) is 0 Å². The Morgan fingerprint density at radius 2 is 2.10 bits per heavy atom. The van der Waals surface area contributed by atoms with Gasteiger partial charge in [0, 0.05) is 25.0 Å². The number of nitrogens with one attached hydrogen (secondary N) is 1. The van der Waals surface area contributed by atoms with Crippen molar-refractivity contribution < 1.29 is 9.57 Å². The molecule has 2 aliphatic rings. The SMILES string of the molecule is CO/N=C1/CN(c2ccc3c(=O)c4c(=O)[nH]sc4n(C4CC4)c3c2OC)CC1CN. The predicted molar refractivity (Wildman–Crippen MR) is 118 cm³/mol. The number of oxime groups is 1. The van der Waals surface area contributed by atoms with Crippen LogP contribution < -0.4 is 26.4 Å². The Labute approximate surface area is 175 Å². The highest BCUT2D eigenvalue weighted by Gasteiger charge is 2.34. The van der Waals surface area contributed by atoms with Crippen molar-refractivity contribution in [3.05, 3.63) is 32.7 Å². The molecule has 158 valence electrons. The van der Waals surface area contributed by atoms with Crippen LogP contribution in [0.3, 0.4) is 0 Å². The van der Waals surface area contributed by atoms with E-state index in [0.29, 0.717) is 35.6 Å². The highest BCUT2D eigenvalue weighted by atomic mass is 32.1. The normalized spacial score (nSPS) is 20.6. The van der Waals surface area contributed by atoms with E-state index >= 15 is 0 Å². The second-order valence-corrected chi connectivity index (χ2v) is 8.53. The Balaban J connectivity index is 1.78. The van der Waals surface area contributed by atoms with Gasteiger partial charge in [-0.1, -0.05) is 5.16 Å². The van der Waals surface area contributed by atoms with Crippen LogP contribution in [-0.4, -0.2) is 48.5 Å². The maximum atomic E-state index is 13.2. The van der Waals surface area contributed by atoms with E-state index < -0.39 is 0 Å². The van der Waals surface area contributed by atoms with Crippen molar-refractivity contribution >= 4 is 44.1 Å². The fourth-order valence-electron chi connectivity index (χ4n) is 4.39.